The molecule has 18 heavy (non-hydrogen) atoms. The second-order valence-corrected chi connectivity index (χ2v) is 3.83. The maximum absolute atomic E-state index is 11.4. The number of amides is 2. The topological polar surface area (TPSA) is 101 Å². The summed E-state index contributed by atoms with van der Waals surface area (Å²) in [4.78, 5) is 24.3. The average molecular weight is 250 g/mol. The Morgan fingerprint density at radius 3 is 2.56 bits per heavy atom. The Kier molecular flexibility index (Phi) is 4.53. The standard InChI is InChI=1S/C12H18N4O2/c1-3-16(7-11(17)15-2)10-6-8(12(14)18)4-5-9(10)13/h4-6H,3,7,13H2,1-2H3,(H2,14,18)(H,15,17). The van der Waals surface area contributed by atoms with E-state index in [1.165, 1.54) is 0 Å². The maximum Gasteiger partial charge on any atom is 0.248 e. The van der Waals surface area contributed by atoms with Gasteiger partial charge in [0.15, 0.2) is 0 Å². The van der Waals surface area contributed by atoms with Crippen LogP contribution in [0.5, 0.6) is 0 Å². The summed E-state index contributed by atoms with van der Waals surface area (Å²) in [6.45, 7) is 2.68. The number of nitrogens with one attached hydrogen (secondary N) is 1. The van der Waals surface area contributed by atoms with Crippen molar-refractivity contribution in [2.24, 2.45) is 5.73 Å². The molecule has 1 rings (SSSR count). The molecule has 98 valence electrons. The predicted molar refractivity (Wildman–Crippen MR) is 71.3 cm³/mol. The van der Waals surface area contributed by atoms with Gasteiger partial charge < -0.3 is 21.7 Å². The number of hydrogen-bond donors (Lipinski definition) is 3. The fourth-order valence-electron chi connectivity index (χ4n) is 1.59. The van der Waals surface area contributed by atoms with Crippen LogP contribution in [0.4, 0.5) is 11.4 Å². The molecule has 0 bridgehead atoms. The lowest BCUT2D eigenvalue weighted by Crippen LogP contribution is -2.36. The number of nitrogens with two attached hydrogens (primary N) is 2. The second kappa shape index (κ2) is 5.90. The monoisotopic (exact) mass is 250 g/mol. The van der Waals surface area contributed by atoms with E-state index >= 15 is 0 Å². The summed E-state index contributed by atoms with van der Waals surface area (Å²) >= 11 is 0. The van der Waals surface area contributed by atoms with E-state index in [2.05, 4.69) is 5.32 Å². The summed E-state index contributed by atoms with van der Waals surface area (Å²) in [5, 5.41) is 2.54. The summed E-state index contributed by atoms with van der Waals surface area (Å²) in [6.07, 6.45) is 0. The SMILES string of the molecule is CCN(CC(=O)NC)c1cc(C(N)=O)ccc1N. The molecule has 0 unspecified atom stereocenters. The van der Waals surface area contributed by atoms with Gasteiger partial charge in [0.25, 0.3) is 0 Å². The smallest absolute Gasteiger partial charge is 0.248 e. The van der Waals surface area contributed by atoms with E-state index in [1.807, 2.05) is 6.92 Å². The van der Waals surface area contributed by atoms with Gasteiger partial charge in [-0.1, -0.05) is 0 Å². The number of carbonyl (C=O) groups excluding carboxylic acids is 2. The van der Waals surface area contributed by atoms with Crippen molar-refractivity contribution in [3.63, 3.8) is 0 Å². The van der Waals surface area contributed by atoms with Gasteiger partial charge in [0.1, 0.15) is 0 Å². The first kappa shape index (κ1) is 13.8. The van der Waals surface area contributed by atoms with Crippen molar-refractivity contribution >= 4 is 23.2 Å². The quantitative estimate of drug-likeness (QED) is 0.637. The summed E-state index contributed by atoms with van der Waals surface area (Å²) in [6, 6.07) is 4.78. The zero-order valence-electron chi connectivity index (χ0n) is 10.6. The molecule has 0 aliphatic heterocycles. The van der Waals surface area contributed by atoms with Gasteiger partial charge >= 0.3 is 0 Å². The fraction of sp³-hybridized carbons (Fsp3) is 0.333. The first-order valence-electron chi connectivity index (χ1n) is 5.64. The molecule has 0 saturated carbocycles. The van der Waals surface area contributed by atoms with Gasteiger partial charge in [-0.15, -0.1) is 0 Å². The Morgan fingerprint density at radius 2 is 2.06 bits per heavy atom. The van der Waals surface area contributed by atoms with E-state index in [4.69, 9.17) is 11.5 Å². The normalized spacial score (nSPS) is 9.89. The third-order valence-electron chi connectivity index (χ3n) is 2.65. The zero-order chi connectivity index (χ0) is 13.7. The van der Waals surface area contributed by atoms with Crippen LogP contribution in [0.25, 0.3) is 0 Å². The van der Waals surface area contributed by atoms with Crippen molar-refractivity contribution in [3.8, 4) is 0 Å². The molecule has 0 fully saturated rings. The predicted octanol–water partition coefficient (Wildman–Crippen LogP) is -0.0600. The number of rotatable bonds is 5. The molecular formula is C12H18N4O2. The molecule has 1 aromatic carbocycles. The van der Waals surface area contributed by atoms with Gasteiger partial charge in [-0.3, -0.25) is 9.59 Å². The molecule has 0 heterocycles. The molecular weight excluding hydrogens is 232 g/mol. The number of benzene rings is 1. The Morgan fingerprint density at radius 1 is 1.39 bits per heavy atom. The van der Waals surface area contributed by atoms with E-state index < -0.39 is 5.91 Å². The van der Waals surface area contributed by atoms with Crippen LogP contribution in [-0.4, -0.2) is 32.0 Å². The molecule has 0 aliphatic carbocycles. The van der Waals surface area contributed by atoms with Crippen molar-refractivity contribution in [2.45, 2.75) is 6.92 Å². The highest BCUT2D eigenvalue weighted by Crippen LogP contribution is 2.24. The molecule has 0 aromatic heterocycles. The lowest BCUT2D eigenvalue weighted by molar-refractivity contribution is -0.119. The summed E-state index contributed by atoms with van der Waals surface area (Å²) in [7, 11) is 1.57. The second-order valence-electron chi connectivity index (χ2n) is 3.83. The van der Waals surface area contributed by atoms with Gasteiger partial charge in [0.05, 0.1) is 17.9 Å². The van der Waals surface area contributed by atoms with Crippen molar-refractivity contribution in [1.82, 2.24) is 5.32 Å². The van der Waals surface area contributed by atoms with Crippen molar-refractivity contribution < 1.29 is 9.59 Å². The highest BCUT2D eigenvalue weighted by atomic mass is 16.2. The fourth-order valence-corrected chi connectivity index (χ4v) is 1.59. The lowest BCUT2D eigenvalue weighted by Gasteiger charge is -2.24. The highest BCUT2D eigenvalue weighted by molar-refractivity contribution is 5.95. The Labute approximate surface area is 106 Å². The van der Waals surface area contributed by atoms with Crippen LogP contribution in [0.1, 0.15) is 17.3 Å². The molecule has 0 atom stereocenters. The maximum atomic E-state index is 11.4. The van der Waals surface area contributed by atoms with Crippen LogP contribution in [0.3, 0.4) is 0 Å². The van der Waals surface area contributed by atoms with Crippen molar-refractivity contribution in [2.75, 3.05) is 30.8 Å². The first-order valence-corrected chi connectivity index (χ1v) is 5.64. The van der Waals surface area contributed by atoms with E-state index in [0.29, 0.717) is 23.5 Å². The number of nitrogen functional groups attached to an aromatic ring is 1. The number of anilines is 2. The molecule has 6 nitrogen and oxygen atoms in total. The third kappa shape index (κ3) is 3.13. The van der Waals surface area contributed by atoms with E-state index in [1.54, 1.807) is 30.1 Å². The number of carbonyl (C=O) groups is 2. The molecule has 0 aliphatic rings. The van der Waals surface area contributed by atoms with Crippen LogP contribution >= 0.6 is 0 Å². The highest BCUT2D eigenvalue weighted by Gasteiger charge is 2.13. The lowest BCUT2D eigenvalue weighted by atomic mass is 10.1. The minimum absolute atomic E-state index is 0.124. The van der Waals surface area contributed by atoms with E-state index in [0.717, 1.165) is 0 Å². The third-order valence-corrected chi connectivity index (χ3v) is 2.65. The van der Waals surface area contributed by atoms with Crippen LogP contribution < -0.4 is 21.7 Å². The Balaban J connectivity index is 3.07. The minimum atomic E-state index is -0.521. The van der Waals surface area contributed by atoms with Crippen LogP contribution in [0.15, 0.2) is 18.2 Å². The first-order chi connectivity index (χ1) is 8.49. The van der Waals surface area contributed by atoms with Gasteiger partial charge in [-0.2, -0.15) is 0 Å². The van der Waals surface area contributed by atoms with Gasteiger partial charge in [0.2, 0.25) is 11.8 Å². The average Bonchev–Trinajstić information content (AvgIpc) is 2.36. The summed E-state index contributed by atoms with van der Waals surface area (Å²) in [5.41, 5.74) is 12.6. The van der Waals surface area contributed by atoms with Crippen LogP contribution in [0.2, 0.25) is 0 Å². The van der Waals surface area contributed by atoms with Gasteiger partial charge in [-0.25, -0.2) is 0 Å². The van der Waals surface area contributed by atoms with Crippen LogP contribution in [0, 0.1) is 0 Å². The van der Waals surface area contributed by atoms with Gasteiger partial charge in [-0.05, 0) is 25.1 Å². The minimum Gasteiger partial charge on any atom is -0.397 e. The molecule has 2 amide bonds. The number of primary amides is 1. The molecule has 6 heteroatoms. The largest absolute Gasteiger partial charge is 0.397 e. The zero-order valence-corrected chi connectivity index (χ0v) is 10.6. The summed E-state index contributed by atoms with van der Waals surface area (Å²) < 4.78 is 0. The molecule has 0 radical (unpaired) electrons. The molecule has 1 aromatic rings. The van der Waals surface area contributed by atoms with Gasteiger partial charge in [0, 0.05) is 19.2 Å². The number of hydrogen-bond acceptors (Lipinski definition) is 4. The van der Waals surface area contributed by atoms with Crippen molar-refractivity contribution in [3.05, 3.63) is 23.8 Å². The van der Waals surface area contributed by atoms with Crippen LogP contribution in [-0.2, 0) is 4.79 Å². The molecule has 5 N–H and O–H groups in total. The molecule has 0 spiro atoms. The Hall–Kier alpha value is -2.24. The Bertz CT molecular complexity index is 459. The number of likely N-dealkylation sites (N-methyl/N-ethyl adjacent to an activating group) is 2. The van der Waals surface area contributed by atoms with Crippen molar-refractivity contribution in [1.29, 1.82) is 0 Å². The number of nitrogens with zero attached hydrogens (tertiary/aromatic N) is 1. The van der Waals surface area contributed by atoms with E-state index in [9.17, 15) is 9.59 Å². The molecule has 0 saturated heterocycles. The van der Waals surface area contributed by atoms with E-state index in [-0.39, 0.29) is 12.5 Å². The summed E-state index contributed by atoms with van der Waals surface area (Å²) in [5.74, 6) is -0.645.